The number of benzene rings is 2. The van der Waals surface area contributed by atoms with E-state index in [0.717, 1.165) is 16.7 Å². The summed E-state index contributed by atoms with van der Waals surface area (Å²) in [6, 6.07) is 16.4. The Kier molecular flexibility index (Phi) is 4.87. The molecule has 3 aromatic rings. The van der Waals surface area contributed by atoms with E-state index < -0.39 is 4.92 Å². The second-order valence-electron chi connectivity index (χ2n) is 6.23. The SMILES string of the molecule is O=[N+]([O-])c1ccc(CN2NNN=C2c2c[nH]n(Cc3ccccc3)c2=S)cc1. The van der Waals surface area contributed by atoms with Crippen molar-refractivity contribution in [1.29, 1.82) is 0 Å². The third kappa shape index (κ3) is 3.63. The van der Waals surface area contributed by atoms with Crippen molar-refractivity contribution in [1.82, 2.24) is 25.9 Å². The molecule has 2 aromatic carbocycles. The van der Waals surface area contributed by atoms with E-state index in [4.69, 9.17) is 12.2 Å². The lowest BCUT2D eigenvalue weighted by Gasteiger charge is -2.18. The lowest BCUT2D eigenvalue weighted by Crippen LogP contribution is -2.40. The van der Waals surface area contributed by atoms with Crippen molar-refractivity contribution < 1.29 is 4.92 Å². The molecule has 9 nitrogen and oxygen atoms in total. The first kappa shape index (κ1) is 17.9. The number of hydrazine groups is 2. The van der Waals surface area contributed by atoms with Crippen molar-refractivity contribution >= 4 is 23.7 Å². The zero-order chi connectivity index (χ0) is 19.5. The molecule has 10 heteroatoms. The van der Waals surface area contributed by atoms with Crippen LogP contribution in [0.4, 0.5) is 5.69 Å². The Morgan fingerprint density at radius 2 is 1.75 bits per heavy atom. The molecule has 0 fully saturated rings. The highest BCUT2D eigenvalue weighted by Gasteiger charge is 2.22. The number of amidine groups is 1. The zero-order valence-electron chi connectivity index (χ0n) is 14.7. The van der Waals surface area contributed by atoms with E-state index in [0.29, 0.717) is 23.6 Å². The second kappa shape index (κ2) is 7.62. The minimum Gasteiger partial charge on any atom is -0.304 e. The number of nitro benzene ring substituents is 1. The van der Waals surface area contributed by atoms with Crippen LogP contribution in [-0.2, 0) is 13.1 Å². The van der Waals surface area contributed by atoms with Crippen molar-refractivity contribution in [3.63, 3.8) is 0 Å². The van der Waals surface area contributed by atoms with E-state index in [9.17, 15) is 10.1 Å². The maximum absolute atomic E-state index is 10.8. The number of aromatic nitrogens is 2. The highest BCUT2D eigenvalue weighted by Crippen LogP contribution is 2.16. The molecule has 0 spiro atoms. The van der Waals surface area contributed by atoms with E-state index in [1.54, 1.807) is 17.1 Å². The van der Waals surface area contributed by atoms with Crippen LogP contribution in [0, 0.1) is 14.8 Å². The Balaban J connectivity index is 1.52. The fourth-order valence-corrected chi connectivity index (χ4v) is 3.20. The third-order valence-electron chi connectivity index (χ3n) is 4.35. The van der Waals surface area contributed by atoms with Crippen molar-refractivity contribution in [3.05, 3.63) is 92.2 Å². The maximum Gasteiger partial charge on any atom is 0.269 e. The van der Waals surface area contributed by atoms with Crippen LogP contribution in [0.5, 0.6) is 0 Å². The van der Waals surface area contributed by atoms with Crippen molar-refractivity contribution in [3.8, 4) is 0 Å². The van der Waals surface area contributed by atoms with Gasteiger partial charge < -0.3 is 5.10 Å². The van der Waals surface area contributed by atoms with Gasteiger partial charge in [-0.25, -0.2) is 5.53 Å². The van der Waals surface area contributed by atoms with Gasteiger partial charge in [0.2, 0.25) is 0 Å². The number of nitrogens with one attached hydrogen (secondary N) is 3. The summed E-state index contributed by atoms with van der Waals surface area (Å²) in [5.41, 5.74) is 8.57. The Morgan fingerprint density at radius 1 is 1.04 bits per heavy atom. The molecule has 3 N–H and O–H groups in total. The molecule has 0 saturated heterocycles. The number of nitro groups is 1. The topological polar surface area (TPSA) is 104 Å². The Bertz CT molecular complexity index is 1070. The largest absolute Gasteiger partial charge is 0.304 e. The van der Waals surface area contributed by atoms with Crippen molar-refractivity contribution in [2.24, 2.45) is 5.10 Å². The van der Waals surface area contributed by atoms with Crippen LogP contribution in [-0.4, -0.2) is 25.5 Å². The summed E-state index contributed by atoms with van der Waals surface area (Å²) in [4.78, 5) is 10.4. The average molecular weight is 395 g/mol. The first-order chi connectivity index (χ1) is 13.6. The lowest BCUT2D eigenvalue weighted by molar-refractivity contribution is -0.384. The molecule has 0 atom stereocenters. The first-order valence-electron chi connectivity index (χ1n) is 8.53. The average Bonchev–Trinajstić information content (AvgIpc) is 3.30. The highest BCUT2D eigenvalue weighted by molar-refractivity contribution is 7.71. The number of nitrogens with zero attached hydrogens (tertiary/aromatic N) is 4. The molecule has 0 unspecified atom stereocenters. The monoisotopic (exact) mass is 395 g/mol. The molecule has 28 heavy (non-hydrogen) atoms. The maximum atomic E-state index is 10.8. The second-order valence-corrected chi connectivity index (χ2v) is 6.62. The number of hydrazone groups is 1. The van der Waals surface area contributed by atoms with Gasteiger partial charge >= 0.3 is 0 Å². The van der Waals surface area contributed by atoms with E-state index in [1.807, 2.05) is 41.2 Å². The fraction of sp³-hybridized carbons (Fsp3) is 0.111. The molecule has 0 saturated carbocycles. The van der Waals surface area contributed by atoms with Gasteiger partial charge in [0.1, 0.15) is 4.64 Å². The van der Waals surface area contributed by atoms with Crippen LogP contribution in [0.25, 0.3) is 0 Å². The molecule has 0 radical (unpaired) electrons. The molecule has 4 rings (SSSR count). The fourth-order valence-electron chi connectivity index (χ4n) is 2.93. The van der Waals surface area contributed by atoms with Crippen LogP contribution >= 0.6 is 12.2 Å². The first-order valence-corrected chi connectivity index (χ1v) is 8.94. The van der Waals surface area contributed by atoms with Crippen LogP contribution in [0.3, 0.4) is 0 Å². The minimum atomic E-state index is -0.416. The number of non-ortho nitro benzene ring substituents is 1. The molecule has 142 valence electrons. The molecular formula is C18H17N7O2S. The van der Waals surface area contributed by atoms with Crippen LogP contribution in [0.15, 0.2) is 65.9 Å². The van der Waals surface area contributed by atoms with Crippen LogP contribution in [0.1, 0.15) is 16.7 Å². The van der Waals surface area contributed by atoms with Gasteiger partial charge in [0.05, 0.1) is 23.6 Å². The van der Waals surface area contributed by atoms with Gasteiger partial charge in [0.25, 0.3) is 5.69 Å². The summed E-state index contributed by atoms with van der Waals surface area (Å²) >= 11 is 5.62. The summed E-state index contributed by atoms with van der Waals surface area (Å²) < 4.78 is 2.52. The Morgan fingerprint density at radius 3 is 2.46 bits per heavy atom. The van der Waals surface area contributed by atoms with E-state index in [-0.39, 0.29) is 5.69 Å². The van der Waals surface area contributed by atoms with E-state index >= 15 is 0 Å². The van der Waals surface area contributed by atoms with Crippen LogP contribution < -0.4 is 11.1 Å². The Hall–Kier alpha value is -3.50. The van der Waals surface area contributed by atoms with Gasteiger partial charge in [-0.15, -0.1) is 10.6 Å². The third-order valence-corrected chi connectivity index (χ3v) is 4.80. The van der Waals surface area contributed by atoms with Gasteiger partial charge in [-0.1, -0.05) is 54.7 Å². The standard InChI is InChI=1S/C18H17N7O2S/c26-25(27)15-8-6-14(7-9-15)11-23-17(20-21-22-23)16-10-19-24(18(16)28)12-13-4-2-1-3-5-13/h1-10,19,21-22H,11-12H2. The predicted molar refractivity (Wildman–Crippen MR) is 107 cm³/mol. The van der Waals surface area contributed by atoms with E-state index in [2.05, 4.69) is 21.3 Å². The van der Waals surface area contributed by atoms with Crippen molar-refractivity contribution in [2.45, 2.75) is 13.1 Å². The van der Waals surface area contributed by atoms with Gasteiger partial charge in [0.15, 0.2) is 5.84 Å². The summed E-state index contributed by atoms with van der Waals surface area (Å²) in [5, 5.41) is 20.1. The van der Waals surface area contributed by atoms with Gasteiger partial charge in [-0.2, -0.15) is 0 Å². The molecule has 0 amide bonds. The summed E-state index contributed by atoms with van der Waals surface area (Å²) in [5.74, 6) is 0.645. The molecule has 0 aliphatic carbocycles. The summed E-state index contributed by atoms with van der Waals surface area (Å²) in [6.07, 6.45) is 1.82. The number of hydrogen-bond acceptors (Lipinski definition) is 7. The van der Waals surface area contributed by atoms with Crippen molar-refractivity contribution in [2.75, 3.05) is 0 Å². The number of H-pyrrole nitrogens is 1. The number of rotatable bonds is 6. The van der Waals surface area contributed by atoms with Crippen LogP contribution in [0.2, 0.25) is 0 Å². The minimum absolute atomic E-state index is 0.0607. The number of hydrogen-bond donors (Lipinski definition) is 3. The molecule has 1 aliphatic rings. The Labute approximate surface area is 165 Å². The molecule has 1 aliphatic heterocycles. The van der Waals surface area contributed by atoms with Gasteiger partial charge in [0, 0.05) is 18.3 Å². The van der Waals surface area contributed by atoms with E-state index in [1.165, 1.54) is 12.1 Å². The highest BCUT2D eigenvalue weighted by atomic mass is 32.1. The molecule has 2 heterocycles. The smallest absolute Gasteiger partial charge is 0.269 e. The lowest BCUT2D eigenvalue weighted by atomic mass is 10.2. The van der Waals surface area contributed by atoms with Gasteiger partial charge in [-0.3, -0.25) is 19.8 Å². The summed E-state index contributed by atoms with van der Waals surface area (Å²) in [6.45, 7) is 1.10. The van der Waals surface area contributed by atoms with Gasteiger partial charge in [-0.05, 0) is 11.1 Å². The normalized spacial score (nSPS) is 13.3. The predicted octanol–water partition coefficient (Wildman–Crippen LogP) is 2.69. The summed E-state index contributed by atoms with van der Waals surface area (Å²) in [7, 11) is 0. The quantitative estimate of drug-likeness (QED) is 0.337. The molecule has 0 bridgehead atoms. The molecular weight excluding hydrogens is 378 g/mol. The molecule has 1 aromatic heterocycles. The zero-order valence-corrected chi connectivity index (χ0v) is 15.5. The number of aromatic amines is 1.